The lowest BCUT2D eigenvalue weighted by Crippen LogP contribution is -2.13. The topological polar surface area (TPSA) is 72.2 Å². The Morgan fingerprint density at radius 1 is 1.20 bits per heavy atom. The molecule has 0 aliphatic rings. The van der Waals surface area contributed by atoms with Crippen molar-refractivity contribution in [2.45, 2.75) is 4.90 Å². The SMILES string of the molecule is Nc1cc(S(=O)(=O)Nc2ccc(F)c(Br)c2)ccc1Cl. The molecule has 0 saturated carbocycles. The van der Waals surface area contributed by atoms with Crippen molar-refractivity contribution < 1.29 is 12.8 Å². The molecule has 3 N–H and O–H groups in total. The fraction of sp³-hybridized carbons (Fsp3) is 0. The monoisotopic (exact) mass is 378 g/mol. The minimum Gasteiger partial charge on any atom is -0.397 e. The molecule has 0 saturated heterocycles. The number of nitrogens with one attached hydrogen (secondary N) is 1. The van der Waals surface area contributed by atoms with Gasteiger partial charge in [0.25, 0.3) is 10.0 Å². The Morgan fingerprint density at radius 2 is 1.90 bits per heavy atom. The molecule has 0 heterocycles. The van der Waals surface area contributed by atoms with Gasteiger partial charge in [0, 0.05) is 0 Å². The second kappa shape index (κ2) is 5.59. The number of benzene rings is 2. The normalized spacial score (nSPS) is 11.3. The highest BCUT2D eigenvalue weighted by atomic mass is 79.9. The summed E-state index contributed by atoms with van der Waals surface area (Å²) in [4.78, 5) is -0.0279. The van der Waals surface area contributed by atoms with Gasteiger partial charge in [-0.25, -0.2) is 12.8 Å². The van der Waals surface area contributed by atoms with Gasteiger partial charge < -0.3 is 5.73 Å². The molecule has 8 heteroatoms. The summed E-state index contributed by atoms with van der Waals surface area (Å²) in [7, 11) is -3.81. The maximum absolute atomic E-state index is 13.1. The van der Waals surface area contributed by atoms with E-state index in [9.17, 15) is 12.8 Å². The summed E-state index contributed by atoms with van der Waals surface area (Å²) in [6.45, 7) is 0. The fourth-order valence-electron chi connectivity index (χ4n) is 1.46. The van der Waals surface area contributed by atoms with E-state index in [1.54, 1.807) is 0 Å². The number of nitrogens with two attached hydrogens (primary N) is 1. The molecular formula is C12H9BrClFN2O2S. The predicted octanol–water partition coefficient (Wildman–Crippen LogP) is 3.62. The van der Waals surface area contributed by atoms with Crippen molar-refractivity contribution in [3.05, 3.63) is 51.7 Å². The third kappa shape index (κ3) is 3.23. The van der Waals surface area contributed by atoms with Crippen molar-refractivity contribution in [1.82, 2.24) is 0 Å². The molecule has 2 rings (SSSR count). The summed E-state index contributed by atoms with van der Waals surface area (Å²) >= 11 is 8.72. The highest BCUT2D eigenvalue weighted by Gasteiger charge is 2.16. The second-order valence-corrected chi connectivity index (χ2v) is 6.86. The average Bonchev–Trinajstić information content (AvgIpc) is 2.37. The smallest absolute Gasteiger partial charge is 0.261 e. The molecule has 20 heavy (non-hydrogen) atoms. The zero-order valence-electron chi connectivity index (χ0n) is 9.90. The maximum atomic E-state index is 13.1. The van der Waals surface area contributed by atoms with Gasteiger partial charge in [0.1, 0.15) is 5.82 Å². The number of hydrogen-bond acceptors (Lipinski definition) is 3. The molecule has 0 spiro atoms. The zero-order chi connectivity index (χ0) is 14.9. The third-order valence-corrected chi connectivity index (χ3v) is 4.78. The van der Waals surface area contributed by atoms with Gasteiger partial charge in [-0.05, 0) is 52.3 Å². The van der Waals surface area contributed by atoms with Gasteiger partial charge >= 0.3 is 0 Å². The van der Waals surface area contributed by atoms with E-state index in [4.69, 9.17) is 17.3 Å². The van der Waals surface area contributed by atoms with E-state index in [0.717, 1.165) is 6.07 Å². The lowest BCUT2D eigenvalue weighted by molar-refractivity contribution is 0.601. The molecule has 106 valence electrons. The minimum atomic E-state index is -3.81. The van der Waals surface area contributed by atoms with E-state index in [0.29, 0.717) is 0 Å². The maximum Gasteiger partial charge on any atom is 0.261 e. The number of anilines is 2. The van der Waals surface area contributed by atoms with Gasteiger partial charge in [-0.3, -0.25) is 4.72 Å². The summed E-state index contributed by atoms with van der Waals surface area (Å²) in [5.74, 6) is -0.483. The van der Waals surface area contributed by atoms with Crippen LogP contribution in [-0.2, 0) is 10.0 Å². The Balaban J connectivity index is 2.35. The van der Waals surface area contributed by atoms with Crippen LogP contribution in [0.15, 0.2) is 45.8 Å². The molecule has 0 atom stereocenters. The summed E-state index contributed by atoms with van der Waals surface area (Å²) in [6, 6.07) is 7.77. The fourth-order valence-corrected chi connectivity index (χ4v) is 3.04. The second-order valence-electron chi connectivity index (χ2n) is 3.92. The first-order chi connectivity index (χ1) is 9.29. The number of hydrogen-bond donors (Lipinski definition) is 2. The van der Waals surface area contributed by atoms with E-state index in [1.807, 2.05) is 0 Å². The van der Waals surface area contributed by atoms with Crippen molar-refractivity contribution >= 4 is 48.9 Å². The van der Waals surface area contributed by atoms with Crippen LogP contribution in [0.3, 0.4) is 0 Å². The van der Waals surface area contributed by atoms with Crippen LogP contribution in [0.1, 0.15) is 0 Å². The van der Waals surface area contributed by atoms with Crippen LogP contribution >= 0.6 is 27.5 Å². The molecule has 0 bridgehead atoms. The molecule has 0 aromatic heterocycles. The van der Waals surface area contributed by atoms with Crippen LogP contribution in [0.25, 0.3) is 0 Å². The van der Waals surface area contributed by atoms with Crippen LogP contribution in [-0.4, -0.2) is 8.42 Å². The standard InChI is InChI=1S/C12H9BrClFN2O2S/c13-9-5-7(1-4-11(9)15)17-20(18,19)8-2-3-10(14)12(16)6-8/h1-6,17H,16H2. The van der Waals surface area contributed by atoms with Gasteiger partial charge in [0.2, 0.25) is 0 Å². The molecule has 0 fully saturated rings. The first kappa shape index (κ1) is 15.1. The van der Waals surface area contributed by atoms with Crippen molar-refractivity contribution in [1.29, 1.82) is 0 Å². The van der Waals surface area contributed by atoms with Crippen molar-refractivity contribution in [2.75, 3.05) is 10.5 Å². The van der Waals surface area contributed by atoms with E-state index in [1.165, 1.54) is 30.3 Å². The summed E-state index contributed by atoms with van der Waals surface area (Å²) in [6.07, 6.45) is 0. The van der Waals surface area contributed by atoms with Crippen molar-refractivity contribution in [2.24, 2.45) is 0 Å². The number of sulfonamides is 1. The summed E-state index contributed by atoms with van der Waals surface area (Å²) < 4.78 is 39.9. The largest absolute Gasteiger partial charge is 0.397 e. The van der Waals surface area contributed by atoms with E-state index < -0.39 is 15.8 Å². The first-order valence-corrected chi connectivity index (χ1v) is 7.98. The Morgan fingerprint density at radius 3 is 2.50 bits per heavy atom. The Kier molecular flexibility index (Phi) is 4.22. The highest BCUT2D eigenvalue weighted by Crippen LogP contribution is 2.25. The summed E-state index contributed by atoms with van der Waals surface area (Å²) in [5, 5.41) is 0.272. The van der Waals surface area contributed by atoms with E-state index in [2.05, 4.69) is 20.7 Å². The van der Waals surface area contributed by atoms with E-state index >= 15 is 0 Å². The highest BCUT2D eigenvalue weighted by molar-refractivity contribution is 9.10. The molecule has 4 nitrogen and oxygen atoms in total. The van der Waals surface area contributed by atoms with Crippen LogP contribution in [0.5, 0.6) is 0 Å². The molecule has 0 aliphatic heterocycles. The number of nitrogen functional groups attached to an aromatic ring is 1. The first-order valence-electron chi connectivity index (χ1n) is 5.32. The Bertz CT molecular complexity index is 768. The van der Waals surface area contributed by atoms with Gasteiger partial charge in [-0.1, -0.05) is 11.6 Å². The van der Waals surface area contributed by atoms with E-state index in [-0.39, 0.29) is 25.8 Å². The van der Waals surface area contributed by atoms with Crippen LogP contribution < -0.4 is 10.5 Å². The van der Waals surface area contributed by atoms with Crippen LogP contribution in [0.2, 0.25) is 5.02 Å². The van der Waals surface area contributed by atoms with Crippen molar-refractivity contribution in [3.63, 3.8) is 0 Å². The molecule has 0 aliphatic carbocycles. The van der Waals surface area contributed by atoms with Crippen LogP contribution in [0, 0.1) is 5.82 Å². The lowest BCUT2D eigenvalue weighted by Gasteiger charge is -2.09. The van der Waals surface area contributed by atoms with Gasteiger partial charge in [0.15, 0.2) is 0 Å². The molecule has 2 aromatic carbocycles. The predicted molar refractivity (Wildman–Crippen MR) is 80.8 cm³/mol. The zero-order valence-corrected chi connectivity index (χ0v) is 13.1. The molecule has 2 aromatic rings. The lowest BCUT2D eigenvalue weighted by atomic mass is 10.3. The third-order valence-electron chi connectivity index (χ3n) is 2.45. The minimum absolute atomic E-state index is 0.0279. The van der Waals surface area contributed by atoms with Crippen LogP contribution in [0.4, 0.5) is 15.8 Å². The Hall–Kier alpha value is -1.31. The Labute approximate surface area is 128 Å². The molecular weight excluding hydrogens is 371 g/mol. The molecule has 0 unspecified atom stereocenters. The summed E-state index contributed by atoms with van der Waals surface area (Å²) in [5.41, 5.74) is 5.96. The average molecular weight is 380 g/mol. The molecule has 0 amide bonds. The molecule has 0 radical (unpaired) electrons. The van der Waals surface area contributed by atoms with Gasteiger partial charge in [-0.2, -0.15) is 0 Å². The number of halogens is 3. The van der Waals surface area contributed by atoms with Crippen molar-refractivity contribution in [3.8, 4) is 0 Å². The number of rotatable bonds is 3. The van der Waals surface area contributed by atoms with Gasteiger partial charge in [0.05, 0.1) is 25.8 Å². The quantitative estimate of drug-likeness (QED) is 0.800. The van der Waals surface area contributed by atoms with Gasteiger partial charge in [-0.15, -0.1) is 0 Å².